The third kappa shape index (κ3) is 5.37. The minimum absolute atomic E-state index is 0.0851. The maximum atomic E-state index is 6.52. The number of hydrogen-bond donors (Lipinski definition) is 0. The highest BCUT2D eigenvalue weighted by Gasteiger charge is 2.46. The molecule has 1 saturated heterocycles. The van der Waals surface area contributed by atoms with E-state index in [0.717, 1.165) is 18.0 Å². The summed E-state index contributed by atoms with van der Waals surface area (Å²) >= 11 is 3.81. The molecule has 2 atom stereocenters. The van der Waals surface area contributed by atoms with Crippen LogP contribution in [0.4, 0.5) is 5.69 Å². The number of benzene rings is 4. The molecular formula is C29H27NO2S2. The molecule has 0 N–H and O–H groups in total. The topological polar surface area (TPSA) is 21.7 Å². The Morgan fingerprint density at radius 1 is 0.676 bits per heavy atom. The Morgan fingerprint density at radius 2 is 1.21 bits per heavy atom. The summed E-state index contributed by atoms with van der Waals surface area (Å²) < 4.78 is 12.1. The lowest BCUT2D eigenvalue weighted by molar-refractivity contribution is 0.123. The molecule has 0 aliphatic carbocycles. The normalized spacial score (nSPS) is 17.3. The number of methoxy groups -OCH3 is 1. The van der Waals surface area contributed by atoms with E-state index < -0.39 is 0 Å². The molecule has 4 aromatic carbocycles. The van der Waals surface area contributed by atoms with Crippen LogP contribution < -0.4 is 14.4 Å². The van der Waals surface area contributed by atoms with Crippen molar-refractivity contribution in [1.29, 1.82) is 0 Å². The van der Waals surface area contributed by atoms with E-state index in [-0.39, 0.29) is 16.7 Å². The first-order chi connectivity index (χ1) is 16.8. The maximum Gasteiger partial charge on any atom is 0.138 e. The van der Waals surface area contributed by atoms with Crippen LogP contribution >= 0.6 is 23.5 Å². The third-order valence-corrected chi connectivity index (χ3v) is 8.51. The van der Waals surface area contributed by atoms with E-state index in [0.29, 0.717) is 0 Å². The number of anilines is 1. The molecule has 5 rings (SSSR count). The van der Waals surface area contributed by atoms with Crippen molar-refractivity contribution in [3.8, 4) is 11.5 Å². The highest BCUT2D eigenvalue weighted by Crippen LogP contribution is 2.45. The van der Waals surface area contributed by atoms with Gasteiger partial charge in [0.2, 0.25) is 0 Å². The van der Waals surface area contributed by atoms with E-state index in [1.807, 2.05) is 66.0 Å². The van der Waals surface area contributed by atoms with Gasteiger partial charge in [-0.1, -0.05) is 54.6 Å². The first-order valence-corrected chi connectivity index (χ1v) is 13.1. The number of hydrogen-bond acceptors (Lipinski definition) is 5. The number of rotatable bonds is 9. The van der Waals surface area contributed by atoms with Gasteiger partial charge in [-0.05, 0) is 60.7 Å². The molecule has 0 saturated carbocycles. The summed E-state index contributed by atoms with van der Waals surface area (Å²) in [5.41, 5.74) is 1.19. The van der Waals surface area contributed by atoms with E-state index in [9.17, 15) is 0 Å². The van der Waals surface area contributed by atoms with E-state index >= 15 is 0 Å². The van der Waals surface area contributed by atoms with Crippen molar-refractivity contribution < 1.29 is 9.47 Å². The Labute approximate surface area is 210 Å². The molecule has 1 aliphatic heterocycles. The second kappa shape index (κ2) is 10.9. The number of thioether (sulfide) groups is 2. The van der Waals surface area contributed by atoms with Crippen LogP contribution in [0.25, 0.3) is 0 Å². The van der Waals surface area contributed by atoms with Gasteiger partial charge >= 0.3 is 0 Å². The van der Waals surface area contributed by atoms with Crippen LogP contribution in [0.5, 0.6) is 11.5 Å². The molecule has 5 heteroatoms. The van der Waals surface area contributed by atoms with Crippen molar-refractivity contribution in [3.63, 3.8) is 0 Å². The second-order valence-corrected chi connectivity index (χ2v) is 10.8. The zero-order valence-corrected chi connectivity index (χ0v) is 20.6. The Balaban J connectivity index is 1.47. The van der Waals surface area contributed by atoms with E-state index in [4.69, 9.17) is 9.47 Å². The summed E-state index contributed by atoms with van der Waals surface area (Å²) in [7, 11) is 1.70. The SMILES string of the molecule is COc1ccc(N2C[C@H](Oc3ccccc3)[C@@H]2C(Sc2ccccc2)Sc2ccccc2)cc1. The first kappa shape index (κ1) is 22.8. The Kier molecular flexibility index (Phi) is 7.32. The molecule has 0 radical (unpaired) electrons. The van der Waals surface area contributed by atoms with Crippen LogP contribution in [0.1, 0.15) is 0 Å². The minimum Gasteiger partial charge on any atom is -0.497 e. The van der Waals surface area contributed by atoms with E-state index in [1.165, 1.54) is 15.5 Å². The van der Waals surface area contributed by atoms with Crippen LogP contribution in [0.3, 0.4) is 0 Å². The van der Waals surface area contributed by atoms with Gasteiger partial charge in [0.25, 0.3) is 0 Å². The molecule has 0 unspecified atom stereocenters. The van der Waals surface area contributed by atoms with Gasteiger partial charge in [-0.3, -0.25) is 0 Å². The molecule has 0 spiro atoms. The molecule has 0 amide bonds. The first-order valence-electron chi connectivity index (χ1n) is 11.4. The summed E-state index contributed by atoms with van der Waals surface area (Å²) in [5, 5.41) is 0. The predicted molar refractivity (Wildman–Crippen MR) is 143 cm³/mol. The van der Waals surface area contributed by atoms with Crippen molar-refractivity contribution in [2.24, 2.45) is 0 Å². The molecule has 1 heterocycles. The van der Waals surface area contributed by atoms with Crippen LogP contribution in [0.2, 0.25) is 0 Å². The lowest BCUT2D eigenvalue weighted by Crippen LogP contribution is -2.66. The summed E-state index contributed by atoms with van der Waals surface area (Å²) in [4.78, 5) is 4.98. The van der Waals surface area contributed by atoms with Crippen LogP contribution in [-0.4, -0.2) is 30.4 Å². The predicted octanol–water partition coefficient (Wildman–Crippen LogP) is 7.24. The molecular weight excluding hydrogens is 458 g/mol. The molecule has 0 bridgehead atoms. The standard InChI is InChI=1S/C29H27NO2S2/c1-31-23-19-17-22(18-20-23)30-21-27(32-24-11-5-2-6-12-24)28(30)29(33-25-13-7-3-8-14-25)34-26-15-9-4-10-16-26/h2-20,27-29H,21H2,1H3/t27-,28+/m0/s1. The summed E-state index contributed by atoms with van der Waals surface area (Å²) in [6.07, 6.45) is 0.0851. The molecule has 172 valence electrons. The molecule has 34 heavy (non-hydrogen) atoms. The minimum atomic E-state index is 0.0851. The van der Waals surface area contributed by atoms with Crippen molar-refractivity contribution in [1.82, 2.24) is 0 Å². The van der Waals surface area contributed by atoms with Gasteiger partial charge < -0.3 is 14.4 Å². The van der Waals surface area contributed by atoms with Crippen LogP contribution in [-0.2, 0) is 0 Å². The Morgan fingerprint density at radius 3 is 1.74 bits per heavy atom. The fraction of sp³-hybridized carbons (Fsp3) is 0.172. The largest absolute Gasteiger partial charge is 0.497 e. The van der Waals surface area contributed by atoms with Crippen molar-refractivity contribution >= 4 is 29.2 Å². The molecule has 3 nitrogen and oxygen atoms in total. The van der Waals surface area contributed by atoms with Gasteiger partial charge in [-0.2, -0.15) is 0 Å². The second-order valence-electron chi connectivity index (χ2n) is 8.04. The van der Waals surface area contributed by atoms with Gasteiger partial charge in [0, 0.05) is 15.5 Å². The zero-order chi connectivity index (χ0) is 23.2. The Hall–Kier alpha value is -3.02. The quantitative estimate of drug-likeness (QED) is 0.183. The van der Waals surface area contributed by atoms with Gasteiger partial charge in [0.05, 0.1) is 24.3 Å². The summed E-state index contributed by atoms with van der Waals surface area (Å²) in [6, 6.07) is 40.0. The average Bonchev–Trinajstić information content (AvgIpc) is 2.88. The van der Waals surface area contributed by atoms with Crippen molar-refractivity contribution in [2.75, 3.05) is 18.6 Å². The Bertz CT molecular complexity index is 1120. The maximum absolute atomic E-state index is 6.52. The van der Waals surface area contributed by atoms with Gasteiger partial charge in [0.1, 0.15) is 17.6 Å². The molecule has 1 fully saturated rings. The summed E-state index contributed by atoms with van der Waals surface area (Å²) in [5.74, 6) is 1.78. The fourth-order valence-electron chi connectivity index (χ4n) is 4.07. The number of nitrogens with zero attached hydrogens (tertiary/aromatic N) is 1. The van der Waals surface area contributed by atoms with Crippen LogP contribution in [0.15, 0.2) is 125 Å². The number of para-hydroxylation sites is 1. The fourth-order valence-corrected chi connectivity index (χ4v) is 7.02. The number of ether oxygens (including phenoxy) is 2. The smallest absolute Gasteiger partial charge is 0.138 e. The summed E-state index contributed by atoms with van der Waals surface area (Å²) in [6.45, 7) is 0.840. The van der Waals surface area contributed by atoms with Gasteiger partial charge in [-0.25, -0.2) is 0 Å². The average molecular weight is 486 g/mol. The van der Waals surface area contributed by atoms with Gasteiger partial charge in [0.15, 0.2) is 0 Å². The monoisotopic (exact) mass is 485 g/mol. The lowest BCUT2D eigenvalue weighted by Gasteiger charge is -2.51. The van der Waals surface area contributed by atoms with Crippen LogP contribution in [0, 0.1) is 0 Å². The molecule has 0 aromatic heterocycles. The third-order valence-electron chi connectivity index (χ3n) is 5.82. The zero-order valence-electron chi connectivity index (χ0n) is 19.0. The molecule has 4 aromatic rings. The van der Waals surface area contributed by atoms with E-state index in [1.54, 1.807) is 7.11 Å². The highest BCUT2D eigenvalue weighted by atomic mass is 32.2. The van der Waals surface area contributed by atoms with E-state index in [2.05, 4.69) is 77.7 Å². The lowest BCUT2D eigenvalue weighted by atomic mass is 9.99. The highest BCUT2D eigenvalue weighted by molar-refractivity contribution is 8.17. The molecule has 1 aliphatic rings. The van der Waals surface area contributed by atoms with Crippen molar-refractivity contribution in [2.45, 2.75) is 26.5 Å². The van der Waals surface area contributed by atoms with Crippen molar-refractivity contribution in [3.05, 3.63) is 115 Å². The van der Waals surface area contributed by atoms with Gasteiger partial charge in [-0.15, -0.1) is 23.5 Å².